The summed E-state index contributed by atoms with van der Waals surface area (Å²) in [6.07, 6.45) is 1.79. The van der Waals surface area contributed by atoms with Crippen LogP contribution in [0.4, 0.5) is 0 Å². The van der Waals surface area contributed by atoms with Gasteiger partial charge in [0, 0.05) is 6.07 Å². The van der Waals surface area contributed by atoms with Gasteiger partial charge in [-0.1, -0.05) is 0 Å². The Bertz CT molecular complexity index is 420. The maximum Gasteiger partial charge on any atom is 0.267 e. The number of nitrogens with zero attached hydrogens (tertiary/aromatic N) is 3. The Balaban J connectivity index is 3.16. The van der Waals surface area contributed by atoms with E-state index in [0.717, 1.165) is 0 Å². The highest BCUT2D eigenvalue weighted by molar-refractivity contribution is 5.11. The van der Waals surface area contributed by atoms with E-state index in [9.17, 15) is 4.79 Å². The van der Waals surface area contributed by atoms with E-state index in [1.54, 1.807) is 6.20 Å². The molecule has 0 atom stereocenters. The fraction of sp³-hybridized carbons (Fsp3) is 0.500. The van der Waals surface area contributed by atoms with E-state index >= 15 is 0 Å². The van der Waals surface area contributed by atoms with Gasteiger partial charge in [-0.3, -0.25) is 4.79 Å². The van der Waals surface area contributed by atoms with Crippen molar-refractivity contribution in [3.05, 3.63) is 28.2 Å². The van der Waals surface area contributed by atoms with E-state index < -0.39 is 0 Å². The first-order valence-corrected chi connectivity index (χ1v) is 4.41. The Morgan fingerprint density at radius 1 is 1.57 bits per heavy atom. The van der Waals surface area contributed by atoms with Crippen molar-refractivity contribution < 1.29 is 0 Å². The monoisotopic (exact) mass is 191 g/mol. The zero-order chi connectivity index (χ0) is 10.8. The summed E-state index contributed by atoms with van der Waals surface area (Å²) in [6.45, 7) is 5.72. The molecule has 74 valence electrons. The van der Waals surface area contributed by atoms with Gasteiger partial charge in [0.2, 0.25) is 0 Å². The lowest BCUT2D eigenvalue weighted by molar-refractivity contribution is 0.337. The van der Waals surface area contributed by atoms with Crippen molar-refractivity contribution in [2.24, 2.45) is 0 Å². The first-order chi connectivity index (χ1) is 6.45. The number of hydrogen-bond donors (Lipinski definition) is 0. The maximum absolute atomic E-state index is 11.6. The zero-order valence-electron chi connectivity index (χ0n) is 8.61. The van der Waals surface area contributed by atoms with Gasteiger partial charge in [-0.2, -0.15) is 10.4 Å². The summed E-state index contributed by atoms with van der Waals surface area (Å²) in [4.78, 5) is 11.6. The summed E-state index contributed by atoms with van der Waals surface area (Å²) >= 11 is 0. The van der Waals surface area contributed by atoms with Crippen molar-refractivity contribution in [2.75, 3.05) is 0 Å². The molecule has 1 aromatic heterocycles. The van der Waals surface area contributed by atoms with Crippen molar-refractivity contribution in [1.29, 1.82) is 5.26 Å². The second kappa shape index (κ2) is 3.62. The van der Waals surface area contributed by atoms with Crippen LogP contribution < -0.4 is 5.56 Å². The van der Waals surface area contributed by atoms with Crippen LogP contribution in [0.2, 0.25) is 0 Å². The van der Waals surface area contributed by atoms with E-state index in [0.29, 0.717) is 5.56 Å². The SMILES string of the molecule is CC(C)(C)n1ncc(CC#N)cc1=O. The molecule has 0 saturated heterocycles. The highest BCUT2D eigenvalue weighted by Gasteiger charge is 2.15. The van der Waals surface area contributed by atoms with E-state index in [-0.39, 0.29) is 17.5 Å². The van der Waals surface area contributed by atoms with Gasteiger partial charge in [0.1, 0.15) is 0 Å². The molecule has 0 N–H and O–H groups in total. The fourth-order valence-electron chi connectivity index (χ4n) is 1.14. The molecule has 0 aliphatic heterocycles. The van der Waals surface area contributed by atoms with Crippen LogP contribution in [0, 0.1) is 11.3 Å². The summed E-state index contributed by atoms with van der Waals surface area (Å²) in [5, 5.41) is 12.5. The van der Waals surface area contributed by atoms with Crippen LogP contribution in [-0.4, -0.2) is 9.78 Å². The minimum atomic E-state index is -0.317. The van der Waals surface area contributed by atoms with Gasteiger partial charge in [0.05, 0.1) is 24.2 Å². The average Bonchev–Trinajstić information content (AvgIpc) is 2.02. The van der Waals surface area contributed by atoms with E-state index in [1.165, 1.54) is 10.7 Å². The first kappa shape index (κ1) is 10.5. The summed E-state index contributed by atoms with van der Waals surface area (Å²) in [7, 11) is 0. The lowest BCUT2D eigenvalue weighted by Gasteiger charge is -2.20. The second-order valence-corrected chi connectivity index (χ2v) is 4.12. The Labute approximate surface area is 82.8 Å². The molecule has 1 rings (SSSR count). The molecule has 14 heavy (non-hydrogen) atoms. The van der Waals surface area contributed by atoms with Gasteiger partial charge < -0.3 is 0 Å². The predicted octanol–water partition coefficient (Wildman–Crippen LogP) is 1.06. The quantitative estimate of drug-likeness (QED) is 0.667. The van der Waals surface area contributed by atoms with Crippen LogP contribution in [0.3, 0.4) is 0 Å². The predicted molar refractivity (Wildman–Crippen MR) is 52.8 cm³/mol. The molecule has 0 saturated carbocycles. The molecule has 4 heteroatoms. The third-order valence-corrected chi connectivity index (χ3v) is 1.78. The molecule has 1 aromatic rings. The molecule has 0 spiro atoms. The topological polar surface area (TPSA) is 58.7 Å². The summed E-state index contributed by atoms with van der Waals surface area (Å²) in [5.41, 5.74) is 0.186. The Kier molecular flexibility index (Phi) is 2.70. The average molecular weight is 191 g/mol. The van der Waals surface area contributed by atoms with E-state index in [4.69, 9.17) is 5.26 Å². The molecule has 0 aliphatic rings. The molecule has 0 fully saturated rings. The molecule has 0 bridgehead atoms. The largest absolute Gasteiger partial charge is 0.268 e. The number of aromatic nitrogens is 2. The van der Waals surface area contributed by atoms with Gasteiger partial charge in [0.15, 0.2) is 0 Å². The zero-order valence-corrected chi connectivity index (χ0v) is 8.61. The molecule has 1 heterocycles. The Hall–Kier alpha value is -1.63. The highest BCUT2D eigenvalue weighted by atomic mass is 16.1. The molecule has 4 nitrogen and oxygen atoms in total. The van der Waals surface area contributed by atoms with E-state index in [1.807, 2.05) is 26.8 Å². The normalized spacial score (nSPS) is 11.0. The smallest absolute Gasteiger partial charge is 0.267 e. The number of nitriles is 1. The molecule has 0 unspecified atom stereocenters. The lowest BCUT2D eigenvalue weighted by atomic mass is 10.1. The van der Waals surface area contributed by atoms with Crippen molar-refractivity contribution in [3.8, 4) is 6.07 Å². The highest BCUT2D eigenvalue weighted by Crippen LogP contribution is 2.08. The summed E-state index contributed by atoms with van der Waals surface area (Å²) < 4.78 is 1.41. The van der Waals surface area contributed by atoms with Gasteiger partial charge in [-0.25, -0.2) is 4.68 Å². The first-order valence-electron chi connectivity index (χ1n) is 4.41. The third-order valence-electron chi connectivity index (χ3n) is 1.78. The minimum Gasteiger partial charge on any atom is -0.268 e. The maximum atomic E-state index is 11.6. The Morgan fingerprint density at radius 3 is 2.64 bits per heavy atom. The van der Waals surface area contributed by atoms with Crippen LogP contribution in [0.15, 0.2) is 17.1 Å². The molecular formula is C10H13N3O. The molecular weight excluding hydrogens is 178 g/mol. The minimum absolute atomic E-state index is 0.162. The third kappa shape index (κ3) is 2.19. The van der Waals surface area contributed by atoms with Crippen LogP contribution in [-0.2, 0) is 12.0 Å². The van der Waals surface area contributed by atoms with Crippen LogP contribution in [0.1, 0.15) is 26.3 Å². The lowest BCUT2D eigenvalue weighted by Crippen LogP contribution is -2.35. The van der Waals surface area contributed by atoms with Gasteiger partial charge >= 0.3 is 0 Å². The second-order valence-electron chi connectivity index (χ2n) is 4.12. The van der Waals surface area contributed by atoms with Crippen molar-refractivity contribution >= 4 is 0 Å². The van der Waals surface area contributed by atoms with E-state index in [2.05, 4.69) is 5.10 Å². The molecule has 0 amide bonds. The van der Waals surface area contributed by atoms with Crippen molar-refractivity contribution in [1.82, 2.24) is 9.78 Å². The van der Waals surface area contributed by atoms with Gasteiger partial charge in [-0.05, 0) is 26.3 Å². The van der Waals surface area contributed by atoms with Crippen LogP contribution in [0.5, 0.6) is 0 Å². The summed E-state index contributed by atoms with van der Waals surface area (Å²) in [5.74, 6) is 0. The van der Waals surface area contributed by atoms with Crippen molar-refractivity contribution in [3.63, 3.8) is 0 Å². The standard InChI is InChI=1S/C10H13N3O/c1-10(2,3)13-9(14)6-8(4-5-11)7-12-13/h6-7H,4H2,1-3H3. The number of hydrogen-bond acceptors (Lipinski definition) is 3. The van der Waals surface area contributed by atoms with Gasteiger partial charge in [-0.15, -0.1) is 0 Å². The Morgan fingerprint density at radius 2 is 2.21 bits per heavy atom. The molecule has 0 aliphatic carbocycles. The van der Waals surface area contributed by atoms with Crippen LogP contribution >= 0.6 is 0 Å². The van der Waals surface area contributed by atoms with Crippen molar-refractivity contribution in [2.45, 2.75) is 32.7 Å². The van der Waals surface area contributed by atoms with Crippen LogP contribution in [0.25, 0.3) is 0 Å². The fourth-order valence-corrected chi connectivity index (χ4v) is 1.14. The number of rotatable bonds is 1. The molecule has 0 aromatic carbocycles. The summed E-state index contributed by atoms with van der Waals surface area (Å²) in [6, 6.07) is 3.44. The molecule has 0 radical (unpaired) electrons. The van der Waals surface area contributed by atoms with Gasteiger partial charge in [0.25, 0.3) is 5.56 Å².